The maximum atomic E-state index is 12.3. The molecule has 0 aliphatic carbocycles. The van der Waals surface area contributed by atoms with Gasteiger partial charge in [0, 0.05) is 50.3 Å². The quantitative estimate of drug-likeness (QED) is 0.0210. The van der Waals surface area contributed by atoms with Crippen LogP contribution in [-0.4, -0.2) is 46.1 Å². The van der Waals surface area contributed by atoms with E-state index in [-0.39, 0.29) is 28.3 Å². The van der Waals surface area contributed by atoms with Crippen LogP contribution in [0.25, 0.3) is 0 Å². The number of aliphatic hydroxyl groups is 2. The second kappa shape index (κ2) is 23.9. The number of unbranched alkanes of at least 4 members (excludes halogenated alkanes) is 10. The molecule has 2 N–H and O–H groups in total. The molecule has 0 spiro atoms. The number of carbonyl (C=O) groups excluding carboxylic acids is 2. The van der Waals surface area contributed by atoms with Crippen LogP contribution in [0.1, 0.15) is 128 Å². The summed E-state index contributed by atoms with van der Waals surface area (Å²) in [6.45, 7) is 14.2. The minimum atomic E-state index is -3.32. The van der Waals surface area contributed by atoms with E-state index in [0.29, 0.717) is 11.3 Å². The summed E-state index contributed by atoms with van der Waals surface area (Å²) in [4.78, 5) is 37.2. The lowest BCUT2D eigenvalue weighted by atomic mass is 9.99. The summed E-state index contributed by atoms with van der Waals surface area (Å²) >= 11 is 0. The van der Waals surface area contributed by atoms with Gasteiger partial charge in [0.15, 0.2) is 0 Å². The number of azo groups is 2. The number of hydrogen-bond acceptors (Lipinski definition) is 13. The van der Waals surface area contributed by atoms with Gasteiger partial charge in [-0.25, -0.2) is 0 Å². The average Bonchev–Trinajstić information content (AvgIpc) is 3.17. The van der Waals surface area contributed by atoms with Crippen molar-refractivity contribution in [2.24, 2.45) is 20.5 Å². The molecule has 2 radical (unpaired) electrons. The van der Waals surface area contributed by atoms with Gasteiger partial charge >= 0.3 is 17.9 Å². The molecular formula is C43H58N6O8. The van der Waals surface area contributed by atoms with Crippen molar-refractivity contribution in [1.29, 1.82) is 0 Å². The molecular weight excluding hydrogens is 729 g/mol. The second-order valence-corrected chi connectivity index (χ2v) is 14.1. The number of nitro groups is 1. The van der Waals surface area contributed by atoms with Gasteiger partial charge < -0.3 is 24.6 Å². The molecule has 308 valence electrons. The zero-order valence-electron chi connectivity index (χ0n) is 34.0. The Kier molecular flexibility index (Phi) is 19.4. The van der Waals surface area contributed by atoms with Gasteiger partial charge in [-0.3, -0.25) is 19.7 Å². The number of non-ortho nitro benzene ring substituents is 1. The van der Waals surface area contributed by atoms with E-state index in [4.69, 9.17) is 9.47 Å². The number of hydrogen-bond donors (Lipinski definition) is 2. The van der Waals surface area contributed by atoms with Crippen molar-refractivity contribution >= 4 is 46.1 Å². The summed E-state index contributed by atoms with van der Waals surface area (Å²) in [5, 5.41) is 50.4. The van der Waals surface area contributed by atoms with Gasteiger partial charge in [0.2, 0.25) is 6.10 Å². The molecule has 57 heavy (non-hydrogen) atoms. The summed E-state index contributed by atoms with van der Waals surface area (Å²) in [5.74, 6) is -5.29. The summed E-state index contributed by atoms with van der Waals surface area (Å²) in [7, 11) is 0. The molecule has 1 atom stereocenters. The fourth-order valence-electron chi connectivity index (χ4n) is 6.27. The number of nitrogens with zero attached hydrogens (tertiary/aromatic N) is 6. The van der Waals surface area contributed by atoms with Gasteiger partial charge in [-0.2, -0.15) is 20.5 Å². The molecule has 0 amide bonds. The smallest absolute Gasteiger partial charge is 0.368 e. The average molecular weight is 787 g/mol. The topological polar surface area (TPSA) is 189 Å². The minimum absolute atomic E-state index is 0.0290. The molecule has 14 nitrogen and oxygen atoms in total. The van der Waals surface area contributed by atoms with Crippen LogP contribution in [0.3, 0.4) is 0 Å². The van der Waals surface area contributed by atoms with E-state index >= 15 is 0 Å². The number of carbonyl (C=O) groups is 2. The minimum Gasteiger partial charge on any atom is -0.447 e. The zero-order chi connectivity index (χ0) is 41.8. The first-order valence-corrected chi connectivity index (χ1v) is 19.8. The Morgan fingerprint density at radius 3 is 1.88 bits per heavy atom. The summed E-state index contributed by atoms with van der Waals surface area (Å²) in [5.41, 5.74) is 3.10. The largest absolute Gasteiger partial charge is 0.447 e. The van der Waals surface area contributed by atoms with Crippen molar-refractivity contribution in [1.82, 2.24) is 0 Å². The van der Waals surface area contributed by atoms with Crippen molar-refractivity contribution in [3.05, 3.63) is 94.7 Å². The molecule has 0 saturated heterocycles. The van der Waals surface area contributed by atoms with Gasteiger partial charge in [0.1, 0.15) is 0 Å². The van der Waals surface area contributed by atoms with Crippen molar-refractivity contribution in [2.75, 3.05) is 18.0 Å². The Balaban J connectivity index is 2.03. The summed E-state index contributed by atoms with van der Waals surface area (Å²) in [6.07, 6.45) is 14.1. The van der Waals surface area contributed by atoms with Crippen LogP contribution in [0, 0.1) is 30.4 Å². The highest BCUT2D eigenvalue weighted by atomic mass is 16.8. The number of nitro benzene ring substituents is 1. The lowest BCUT2D eigenvalue weighted by Crippen LogP contribution is -2.42. The third-order valence-corrected chi connectivity index (χ3v) is 9.31. The van der Waals surface area contributed by atoms with Crippen LogP contribution in [0.2, 0.25) is 0 Å². The van der Waals surface area contributed by atoms with Gasteiger partial charge in [-0.15, -0.1) is 0 Å². The molecule has 0 saturated carbocycles. The van der Waals surface area contributed by atoms with Crippen molar-refractivity contribution < 1.29 is 34.2 Å². The van der Waals surface area contributed by atoms with Crippen LogP contribution in [0.15, 0.2) is 75.1 Å². The lowest BCUT2D eigenvalue weighted by Gasteiger charge is -2.30. The predicted octanol–water partition coefficient (Wildman–Crippen LogP) is 11.5. The van der Waals surface area contributed by atoms with Gasteiger partial charge in [0.25, 0.3) is 5.69 Å². The van der Waals surface area contributed by atoms with E-state index in [0.717, 1.165) is 51.0 Å². The Bertz CT molecular complexity index is 1800. The molecule has 0 heterocycles. The second-order valence-electron chi connectivity index (χ2n) is 14.1. The maximum Gasteiger partial charge on any atom is 0.368 e. The third kappa shape index (κ3) is 15.4. The van der Waals surface area contributed by atoms with Gasteiger partial charge in [-0.05, 0) is 86.7 Å². The zero-order valence-corrected chi connectivity index (χ0v) is 34.0. The van der Waals surface area contributed by atoms with Crippen molar-refractivity contribution in [2.45, 2.75) is 124 Å². The van der Waals surface area contributed by atoms with E-state index in [2.05, 4.69) is 52.2 Å². The summed E-state index contributed by atoms with van der Waals surface area (Å²) < 4.78 is 10.1. The first-order chi connectivity index (χ1) is 27.3. The molecule has 0 bridgehead atoms. The molecule has 0 aliphatic rings. The molecule has 1 unspecified atom stereocenters. The highest BCUT2D eigenvalue weighted by Crippen LogP contribution is 2.41. The molecule has 0 aliphatic heterocycles. The summed E-state index contributed by atoms with van der Waals surface area (Å²) in [6, 6.07) is 14.2. The number of anilines is 1. The molecule has 0 fully saturated rings. The number of esters is 2. The molecule has 3 rings (SSSR count). The van der Waals surface area contributed by atoms with Crippen molar-refractivity contribution in [3.63, 3.8) is 0 Å². The maximum absolute atomic E-state index is 12.3. The Morgan fingerprint density at radius 1 is 0.789 bits per heavy atom. The van der Waals surface area contributed by atoms with Crippen LogP contribution in [0.4, 0.5) is 34.1 Å². The normalized spacial score (nSPS) is 12.3. The number of ether oxygens (including phenoxy) is 2. The Labute approximate surface area is 336 Å². The molecule has 3 aromatic rings. The van der Waals surface area contributed by atoms with E-state index < -0.39 is 28.9 Å². The van der Waals surface area contributed by atoms with Crippen LogP contribution < -0.4 is 4.90 Å². The first kappa shape index (κ1) is 46.3. The Hall–Kier alpha value is -5.08. The fourth-order valence-corrected chi connectivity index (χ4v) is 6.27. The molecule has 14 heteroatoms. The highest BCUT2D eigenvalue weighted by Gasteiger charge is 2.44. The van der Waals surface area contributed by atoms with Crippen LogP contribution in [0.5, 0.6) is 0 Å². The van der Waals surface area contributed by atoms with E-state index in [1.54, 1.807) is 0 Å². The number of rotatable bonds is 25. The van der Waals surface area contributed by atoms with E-state index in [1.807, 2.05) is 19.1 Å². The van der Waals surface area contributed by atoms with E-state index in [9.17, 15) is 29.9 Å². The third-order valence-electron chi connectivity index (χ3n) is 9.31. The van der Waals surface area contributed by atoms with E-state index in [1.165, 1.54) is 107 Å². The molecule has 0 aromatic heterocycles. The number of benzene rings is 3. The standard InChI is InChI=1S/C43H58N6O8/c1-7-10-12-14-16-18-26-48(27-19-17-15-13-11-8-2)37-24-25-39(31(4)28-37)45-47-41-29-34(9-3)40(46-44-35-20-22-36(23-21-35)49(54)55)30-38(41)42(56-32(5)50)43(52,53)57-33(6)51/h9,20-25,28-30,42,52-53H,3,7-8,10-19,26-27H2,1-2,4-6H3. The van der Waals surface area contributed by atoms with Crippen LogP contribution >= 0.6 is 0 Å². The predicted molar refractivity (Wildman–Crippen MR) is 220 cm³/mol. The monoisotopic (exact) mass is 786 g/mol. The van der Waals surface area contributed by atoms with Gasteiger partial charge in [0.05, 0.1) is 27.7 Å². The van der Waals surface area contributed by atoms with Crippen LogP contribution in [-0.2, 0) is 19.1 Å². The highest BCUT2D eigenvalue weighted by molar-refractivity contribution is 5.69. The first-order valence-electron chi connectivity index (χ1n) is 19.8. The number of aryl methyl sites for hydroxylation is 1. The SMILES string of the molecule is [CH2][CH]c1cc(N=Nc2ccc(N(CCCCCCCC)CCCCCCCC)cc2C)c(C(OC(C)=O)C(O)(O)OC(C)=O)cc1N=Nc1ccc([N+](=O)[O-])cc1. The van der Waals surface area contributed by atoms with Crippen molar-refractivity contribution in [3.8, 4) is 0 Å². The molecule has 3 aromatic carbocycles. The fraction of sp³-hybridized carbons (Fsp3) is 0.488. The Morgan fingerprint density at radius 2 is 1.35 bits per heavy atom. The lowest BCUT2D eigenvalue weighted by molar-refractivity contribution is -0.384. The van der Waals surface area contributed by atoms with Gasteiger partial charge in [-0.1, -0.05) is 78.1 Å².